The van der Waals surface area contributed by atoms with Crippen molar-refractivity contribution in [2.75, 3.05) is 11.5 Å². The van der Waals surface area contributed by atoms with E-state index in [1.165, 1.54) is 6.92 Å². The lowest BCUT2D eigenvalue weighted by molar-refractivity contribution is -0.140. The third kappa shape index (κ3) is 9.85. The summed E-state index contributed by atoms with van der Waals surface area (Å²) in [4.78, 5) is 12.4. The number of nitrogens with one attached hydrogen (secondary N) is 1. The van der Waals surface area contributed by atoms with Crippen LogP contribution in [-0.4, -0.2) is 35.8 Å². The minimum Gasteiger partial charge on any atom is -0.349 e. The van der Waals surface area contributed by atoms with Crippen molar-refractivity contribution < 1.29 is 48.7 Å². The second-order valence-electron chi connectivity index (χ2n) is 8.10. The third-order valence-electron chi connectivity index (χ3n) is 4.89. The van der Waals surface area contributed by atoms with E-state index in [1.807, 2.05) is 0 Å². The van der Waals surface area contributed by atoms with Crippen LogP contribution in [0.15, 0.2) is 45.4 Å². The first-order valence-electron chi connectivity index (χ1n) is 10.5. The molecule has 0 radical (unpaired) electrons. The molecule has 1 unspecified atom stereocenters. The van der Waals surface area contributed by atoms with Crippen molar-refractivity contribution in [1.82, 2.24) is 5.32 Å². The van der Waals surface area contributed by atoms with Crippen LogP contribution in [0, 0.1) is 0 Å². The van der Waals surface area contributed by atoms with E-state index in [0.29, 0.717) is 23.9 Å². The minimum absolute atomic E-state index is 0.0427. The van der Waals surface area contributed by atoms with Crippen molar-refractivity contribution >= 4 is 67.0 Å². The predicted octanol–water partition coefficient (Wildman–Crippen LogP) is 9.95. The van der Waals surface area contributed by atoms with Crippen molar-refractivity contribution in [3.05, 3.63) is 72.6 Å². The second kappa shape index (κ2) is 13.0. The monoisotopic (exact) mass is 737 g/mol. The number of benzene rings is 2. The molecule has 2 aromatic rings. The number of hydrogen-bond donors (Lipinski definition) is 1. The van der Waals surface area contributed by atoms with E-state index in [9.17, 15) is 48.7 Å². The normalized spacial score (nSPS) is 14.8. The predicted molar refractivity (Wildman–Crippen MR) is 136 cm³/mol. The van der Waals surface area contributed by atoms with Gasteiger partial charge >= 0.3 is 18.5 Å². The quantitative estimate of drug-likeness (QED) is 0.216. The van der Waals surface area contributed by atoms with E-state index in [2.05, 4.69) is 37.2 Å². The van der Waals surface area contributed by atoms with Gasteiger partial charge in [0.05, 0.1) is 21.9 Å². The lowest BCUT2D eigenvalue weighted by Crippen LogP contribution is -2.35. The van der Waals surface area contributed by atoms with Gasteiger partial charge in [0.25, 0.3) is 5.91 Å². The summed E-state index contributed by atoms with van der Waals surface area (Å²) in [6.07, 6.45) is -14.6. The van der Waals surface area contributed by atoms with Gasteiger partial charge in [0.1, 0.15) is 11.7 Å². The molecule has 0 spiro atoms. The molecule has 0 bridgehead atoms. The number of carbonyl (C=O) groups excluding carboxylic acids is 1. The number of thioether (sulfide) groups is 1. The van der Waals surface area contributed by atoms with Gasteiger partial charge in [0.15, 0.2) is 0 Å². The lowest BCUT2D eigenvalue weighted by Gasteiger charge is -2.20. The molecule has 1 N–H and O–H groups in total. The molecule has 0 aromatic heterocycles. The van der Waals surface area contributed by atoms with E-state index in [1.54, 1.807) is 0 Å². The minimum atomic E-state index is -5.22. The first-order chi connectivity index (χ1) is 17.7. The van der Waals surface area contributed by atoms with E-state index < -0.39 is 70.2 Å². The molecule has 0 saturated carbocycles. The van der Waals surface area contributed by atoms with Gasteiger partial charge in [-0.05, 0) is 74.7 Å². The Bertz CT molecular complexity index is 1210. The number of amides is 1. The molecule has 0 heterocycles. The molecular formula is C23H16Br2ClF10NOS. The maximum atomic E-state index is 15.0. The number of alkyl halides is 9. The molecule has 216 valence electrons. The summed E-state index contributed by atoms with van der Waals surface area (Å²) in [5.74, 6) is -7.02. The van der Waals surface area contributed by atoms with E-state index >= 15 is 0 Å². The maximum absolute atomic E-state index is 15.0. The summed E-state index contributed by atoms with van der Waals surface area (Å²) in [6, 6.07) is 2.46. The van der Waals surface area contributed by atoms with E-state index in [4.69, 9.17) is 11.6 Å². The molecule has 2 aromatic carbocycles. The Morgan fingerprint density at radius 3 is 2.08 bits per heavy atom. The van der Waals surface area contributed by atoms with Gasteiger partial charge in [-0.3, -0.25) is 4.79 Å². The zero-order valence-corrected chi connectivity index (χ0v) is 24.0. The summed E-state index contributed by atoms with van der Waals surface area (Å²) in [6.45, 7) is 1.27. The molecule has 1 amide bonds. The van der Waals surface area contributed by atoms with Crippen LogP contribution < -0.4 is 5.32 Å². The van der Waals surface area contributed by atoms with Gasteiger partial charge in [0, 0.05) is 26.3 Å². The number of hydrogen-bond acceptors (Lipinski definition) is 2. The molecule has 2 atom stereocenters. The Hall–Kier alpha value is -1.45. The molecule has 2 rings (SSSR count). The average molecular weight is 740 g/mol. The topological polar surface area (TPSA) is 29.1 Å². The molecule has 0 aliphatic rings. The summed E-state index contributed by atoms with van der Waals surface area (Å²) >= 11 is 12.3. The van der Waals surface area contributed by atoms with E-state index in [0.717, 1.165) is 12.1 Å². The van der Waals surface area contributed by atoms with Crippen molar-refractivity contribution in [1.29, 1.82) is 0 Å². The van der Waals surface area contributed by atoms with Gasteiger partial charge in [-0.2, -0.15) is 51.3 Å². The van der Waals surface area contributed by atoms with Crippen molar-refractivity contribution in [2.45, 2.75) is 37.4 Å². The van der Waals surface area contributed by atoms with Gasteiger partial charge < -0.3 is 5.32 Å². The van der Waals surface area contributed by atoms with Gasteiger partial charge in [-0.25, -0.2) is 4.39 Å². The smallest absolute Gasteiger partial charge is 0.349 e. The fourth-order valence-corrected chi connectivity index (χ4v) is 5.31. The highest BCUT2D eigenvalue weighted by Gasteiger charge is 2.41. The lowest BCUT2D eigenvalue weighted by atomic mass is 9.95. The largest absolute Gasteiger partial charge is 0.417 e. The first kappa shape index (κ1) is 33.8. The highest BCUT2D eigenvalue weighted by atomic mass is 79.9. The van der Waals surface area contributed by atoms with Gasteiger partial charge in [0.2, 0.25) is 0 Å². The van der Waals surface area contributed by atoms with Crippen molar-refractivity contribution in [3.63, 3.8) is 0 Å². The van der Waals surface area contributed by atoms with Crippen LogP contribution in [0.3, 0.4) is 0 Å². The Kier molecular flexibility index (Phi) is 11.3. The SMILES string of the molecule is C[C@H](CSCC(F)(F)F)NC(=O)c1ccc(/C(F)=C/C(c2cc(Br)c(Cl)c(Br)c2)C(F)(F)F)cc1C(F)(F)F. The molecule has 0 aliphatic carbocycles. The summed E-state index contributed by atoms with van der Waals surface area (Å²) < 4.78 is 134. The van der Waals surface area contributed by atoms with Crippen LogP contribution in [0.4, 0.5) is 43.9 Å². The third-order valence-corrected chi connectivity index (χ3v) is 8.27. The molecule has 16 heteroatoms. The van der Waals surface area contributed by atoms with Crippen molar-refractivity contribution in [2.24, 2.45) is 0 Å². The van der Waals surface area contributed by atoms with Crippen LogP contribution in [0.5, 0.6) is 0 Å². The Balaban J connectivity index is 2.42. The standard InChI is InChI=1S/C23H16Br2ClF10NOS/c1-10(8-39-9-21(28,29)30)37-20(38)13-3-2-11(4-15(13)23(34,35)36)18(27)7-14(22(31,32)33)12-5-16(24)19(26)17(25)6-12/h2-7,10,14H,8-9H2,1H3,(H,37,38)/b18-7-/t10-,14?/m1/s1. The fourth-order valence-electron chi connectivity index (χ4n) is 3.20. The fraction of sp³-hybridized carbons (Fsp3) is 0.348. The Labute approximate surface area is 241 Å². The first-order valence-corrected chi connectivity index (χ1v) is 13.6. The van der Waals surface area contributed by atoms with Gasteiger partial charge in [-0.1, -0.05) is 17.7 Å². The summed E-state index contributed by atoms with van der Waals surface area (Å²) in [7, 11) is 0. The number of rotatable bonds is 8. The Morgan fingerprint density at radius 2 is 1.59 bits per heavy atom. The molecule has 2 nitrogen and oxygen atoms in total. The zero-order valence-electron chi connectivity index (χ0n) is 19.3. The van der Waals surface area contributed by atoms with Crippen LogP contribution in [0.2, 0.25) is 5.02 Å². The molecule has 39 heavy (non-hydrogen) atoms. The number of allylic oxidation sites excluding steroid dienone is 1. The number of halogens is 13. The van der Waals surface area contributed by atoms with Gasteiger partial charge in [-0.15, -0.1) is 0 Å². The van der Waals surface area contributed by atoms with Crippen LogP contribution in [-0.2, 0) is 6.18 Å². The Morgan fingerprint density at radius 1 is 1.03 bits per heavy atom. The summed E-state index contributed by atoms with van der Waals surface area (Å²) in [5, 5.41) is 2.17. The van der Waals surface area contributed by atoms with Crippen molar-refractivity contribution in [3.8, 4) is 0 Å². The average Bonchev–Trinajstić information content (AvgIpc) is 2.77. The molecule has 0 fully saturated rings. The van der Waals surface area contributed by atoms with Crippen LogP contribution >= 0.6 is 55.2 Å². The highest BCUT2D eigenvalue weighted by molar-refractivity contribution is 9.11. The number of carbonyl (C=O) groups is 1. The van der Waals surface area contributed by atoms with E-state index in [-0.39, 0.29) is 31.9 Å². The van der Waals surface area contributed by atoms with Crippen LogP contribution in [0.1, 0.15) is 39.9 Å². The zero-order chi connectivity index (χ0) is 29.9. The summed E-state index contributed by atoms with van der Waals surface area (Å²) in [5.41, 5.74) is -3.97. The maximum Gasteiger partial charge on any atom is 0.417 e. The highest BCUT2D eigenvalue weighted by Crippen LogP contribution is 2.43. The molecular weight excluding hydrogens is 724 g/mol. The second-order valence-corrected chi connectivity index (χ2v) is 11.2. The van der Waals surface area contributed by atoms with Crippen LogP contribution in [0.25, 0.3) is 5.83 Å². The molecule has 0 aliphatic heterocycles. The molecule has 0 saturated heterocycles.